The van der Waals surface area contributed by atoms with E-state index >= 15 is 0 Å². The number of aliphatic hydroxyl groups is 1. The Morgan fingerprint density at radius 1 is 1.53 bits per heavy atom. The SMILES string of the molecule is CC1OCCC1Sc1c(F)cccc1[C@@H](C)O. The second-order valence-electron chi connectivity index (χ2n) is 4.36. The van der Waals surface area contributed by atoms with Gasteiger partial charge in [0.2, 0.25) is 0 Å². The van der Waals surface area contributed by atoms with E-state index in [0.29, 0.717) is 10.5 Å². The third-order valence-corrected chi connectivity index (χ3v) is 4.61. The topological polar surface area (TPSA) is 29.5 Å². The molecule has 1 aliphatic heterocycles. The van der Waals surface area contributed by atoms with Crippen molar-refractivity contribution >= 4 is 11.8 Å². The predicted octanol–water partition coefficient (Wildman–Crippen LogP) is 3.15. The fraction of sp³-hybridized carbons (Fsp3) is 0.538. The highest BCUT2D eigenvalue weighted by atomic mass is 32.2. The first-order chi connectivity index (χ1) is 8.09. The average molecular weight is 256 g/mol. The molecule has 2 unspecified atom stereocenters. The molecule has 1 aromatic carbocycles. The van der Waals surface area contributed by atoms with E-state index in [0.717, 1.165) is 13.0 Å². The predicted molar refractivity (Wildman–Crippen MR) is 66.7 cm³/mol. The van der Waals surface area contributed by atoms with Gasteiger partial charge in [0.25, 0.3) is 0 Å². The van der Waals surface area contributed by atoms with Crippen molar-refractivity contribution in [3.05, 3.63) is 29.6 Å². The van der Waals surface area contributed by atoms with Crippen molar-refractivity contribution < 1.29 is 14.2 Å². The lowest BCUT2D eigenvalue weighted by Gasteiger charge is -2.18. The maximum Gasteiger partial charge on any atom is 0.137 e. The standard InChI is InChI=1S/C13H17FO2S/c1-8(15)10-4-3-5-11(14)13(10)17-12-6-7-16-9(12)2/h3-5,8-9,12,15H,6-7H2,1-2H3/t8-,9?,12?/m1/s1. The highest BCUT2D eigenvalue weighted by molar-refractivity contribution is 8.00. The summed E-state index contributed by atoms with van der Waals surface area (Å²) in [5.74, 6) is -0.257. The highest BCUT2D eigenvalue weighted by Crippen LogP contribution is 2.37. The molecule has 0 aliphatic carbocycles. The molecular weight excluding hydrogens is 239 g/mol. The molecular formula is C13H17FO2S. The molecule has 0 radical (unpaired) electrons. The fourth-order valence-electron chi connectivity index (χ4n) is 2.00. The molecule has 2 nitrogen and oxygen atoms in total. The van der Waals surface area contributed by atoms with Gasteiger partial charge in [-0.1, -0.05) is 12.1 Å². The van der Waals surface area contributed by atoms with E-state index in [9.17, 15) is 9.50 Å². The Morgan fingerprint density at radius 3 is 2.88 bits per heavy atom. The monoisotopic (exact) mass is 256 g/mol. The second kappa shape index (κ2) is 5.38. The first-order valence-corrected chi connectivity index (χ1v) is 6.72. The molecule has 2 rings (SSSR count). The Labute approximate surface area is 105 Å². The molecule has 4 heteroatoms. The summed E-state index contributed by atoms with van der Waals surface area (Å²) in [5, 5.41) is 9.93. The number of rotatable bonds is 3. The maximum atomic E-state index is 13.8. The van der Waals surface area contributed by atoms with Crippen LogP contribution in [0, 0.1) is 5.82 Å². The molecule has 1 N–H and O–H groups in total. The first-order valence-electron chi connectivity index (χ1n) is 5.84. The van der Waals surface area contributed by atoms with Crippen molar-refractivity contribution in [2.24, 2.45) is 0 Å². The zero-order valence-corrected chi connectivity index (χ0v) is 10.8. The Bertz CT molecular complexity index is 395. The average Bonchev–Trinajstić information content (AvgIpc) is 2.67. The van der Waals surface area contributed by atoms with Crippen molar-refractivity contribution in [1.29, 1.82) is 0 Å². The van der Waals surface area contributed by atoms with Gasteiger partial charge >= 0.3 is 0 Å². The van der Waals surface area contributed by atoms with Gasteiger partial charge in [-0.2, -0.15) is 0 Å². The van der Waals surface area contributed by atoms with Crippen molar-refractivity contribution in [1.82, 2.24) is 0 Å². The van der Waals surface area contributed by atoms with Gasteiger partial charge in [-0.05, 0) is 31.9 Å². The Balaban J connectivity index is 2.24. The van der Waals surface area contributed by atoms with Crippen LogP contribution >= 0.6 is 11.8 Å². The number of aliphatic hydroxyl groups excluding tert-OH is 1. The number of hydrogen-bond donors (Lipinski definition) is 1. The van der Waals surface area contributed by atoms with E-state index in [1.165, 1.54) is 17.8 Å². The molecule has 17 heavy (non-hydrogen) atoms. The highest BCUT2D eigenvalue weighted by Gasteiger charge is 2.27. The lowest BCUT2D eigenvalue weighted by molar-refractivity contribution is 0.127. The van der Waals surface area contributed by atoms with Crippen LogP contribution in [0.3, 0.4) is 0 Å². The van der Waals surface area contributed by atoms with Crippen LogP contribution in [0.15, 0.2) is 23.1 Å². The summed E-state index contributed by atoms with van der Waals surface area (Å²) < 4.78 is 19.3. The van der Waals surface area contributed by atoms with Gasteiger partial charge in [0.15, 0.2) is 0 Å². The van der Waals surface area contributed by atoms with E-state index in [2.05, 4.69) is 0 Å². The molecule has 3 atom stereocenters. The van der Waals surface area contributed by atoms with Gasteiger partial charge in [-0.25, -0.2) is 4.39 Å². The number of thioether (sulfide) groups is 1. The Hall–Kier alpha value is -0.580. The van der Waals surface area contributed by atoms with Gasteiger partial charge in [-0.3, -0.25) is 0 Å². The van der Waals surface area contributed by atoms with Crippen LogP contribution in [-0.4, -0.2) is 23.1 Å². The normalized spacial score (nSPS) is 26.1. The fourth-order valence-corrected chi connectivity index (χ4v) is 3.34. The van der Waals surface area contributed by atoms with Crippen molar-refractivity contribution in [3.8, 4) is 0 Å². The Morgan fingerprint density at radius 2 is 2.29 bits per heavy atom. The van der Waals surface area contributed by atoms with E-state index < -0.39 is 6.10 Å². The number of benzene rings is 1. The summed E-state index contributed by atoms with van der Waals surface area (Å²) in [7, 11) is 0. The smallest absolute Gasteiger partial charge is 0.137 e. The van der Waals surface area contributed by atoms with E-state index in [4.69, 9.17) is 4.74 Å². The van der Waals surface area contributed by atoms with Crippen LogP contribution in [0.25, 0.3) is 0 Å². The van der Waals surface area contributed by atoms with Gasteiger partial charge in [0.1, 0.15) is 5.82 Å². The molecule has 0 spiro atoms. The van der Waals surface area contributed by atoms with Gasteiger partial charge in [-0.15, -0.1) is 11.8 Å². The molecule has 1 aliphatic rings. The van der Waals surface area contributed by atoms with E-state index in [1.807, 2.05) is 6.92 Å². The van der Waals surface area contributed by atoms with Crippen molar-refractivity contribution in [2.75, 3.05) is 6.61 Å². The van der Waals surface area contributed by atoms with Crippen LogP contribution in [0.2, 0.25) is 0 Å². The minimum Gasteiger partial charge on any atom is -0.389 e. The van der Waals surface area contributed by atoms with Crippen LogP contribution in [-0.2, 0) is 4.74 Å². The zero-order valence-electron chi connectivity index (χ0n) is 10.0. The summed E-state index contributed by atoms with van der Waals surface area (Å²) in [5.41, 5.74) is 0.661. The summed E-state index contributed by atoms with van der Waals surface area (Å²) in [6.07, 6.45) is 0.423. The largest absolute Gasteiger partial charge is 0.389 e. The molecule has 1 aromatic rings. The van der Waals surface area contributed by atoms with Crippen LogP contribution in [0.4, 0.5) is 4.39 Å². The third kappa shape index (κ3) is 2.81. The first kappa shape index (κ1) is 12.9. The molecule has 94 valence electrons. The van der Waals surface area contributed by atoms with Crippen molar-refractivity contribution in [3.63, 3.8) is 0 Å². The second-order valence-corrected chi connectivity index (χ2v) is 5.60. The summed E-state index contributed by atoms with van der Waals surface area (Å²) >= 11 is 1.48. The lowest BCUT2D eigenvalue weighted by atomic mass is 10.1. The maximum absolute atomic E-state index is 13.8. The van der Waals surface area contributed by atoms with Crippen LogP contribution < -0.4 is 0 Å². The lowest BCUT2D eigenvalue weighted by Crippen LogP contribution is -2.14. The molecule has 0 saturated carbocycles. The molecule has 0 amide bonds. The summed E-state index contributed by atoms with van der Waals surface area (Å²) in [6.45, 7) is 4.40. The number of ether oxygens (including phenoxy) is 1. The molecule has 1 heterocycles. The number of hydrogen-bond acceptors (Lipinski definition) is 3. The minimum absolute atomic E-state index is 0.140. The third-order valence-electron chi connectivity index (χ3n) is 3.02. The quantitative estimate of drug-likeness (QED) is 0.901. The van der Waals surface area contributed by atoms with Crippen molar-refractivity contribution in [2.45, 2.75) is 42.6 Å². The summed E-state index contributed by atoms with van der Waals surface area (Å²) in [4.78, 5) is 0.560. The zero-order chi connectivity index (χ0) is 12.4. The van der Waals surface area contributed by atoms with Crippen LogP contribution in [0.1, 0.15) is 31.9 Å². The van der Waals surface area contributed by atoms with Gasteiger partial charge in [0, 0.05) is 16.8 Å². The van der Waals surface area contributed by atoms with E-state index in [-0.39, 0.29) is 17.2 Å². The Kier molecular flexibility index (Phi) is 4.07. The molecule has 1 fully saturated rings. The van der Waals surface area contributed by atoms with E-state index in [1.54, 1.807) is 19.1 Å². The van der Waals surface area contributed by atoms with Crippen LogP contribution in [0.5, 0.6) is 0 Å². The molecule has 0 aromatic heterocycles. The molecule has 1 saturated heterocycles. The molecule has 0 bridgehead atoms. The van der Waals surface area contributed by atoms with Gasteiger partial charge < -0.3 is 9.84 Å². The summed E-state index contributed by atoms with van der Waals surface area (Å²) in [6, 6.07) is 4.85. The minimum atomic E-state index is -0.647. The van der Waals surface area contributed by atoms with Gasteiger partial charge in [0.05, 0.1) is 12.2 Å². The number of halogens is 1.